The minimum Gasteiger partial charge on any atom is -0.362 e. The SMILES string of the molecule is CC1(C)CCCC(Nc2ncccc2[N+](=O)[O-])C1. The van der Waals surface area contributed by atoms with Crippen molar-refractivity contribution < 1.29 is 4.92 Å². The molecular weight excluding hydrogens is 230 g/mol. The highest BCUT2D eigenvalue weighted by atomic mass is 16.6. The van der Waals surface area contributed by atoms with Crippen LogP contribution in [0.15, 0.2) is 18.3 Å². The molecule has 5 heteroatoms. The van der Waals surface area contributed by atoms with E-state index >= 15 is 0 Å². The van der Waals surface area contributed by atoms with Crippen LogP contribution in [0.3, 0.4) is 0 Å². The topological polar surface area (TPSA) is 68.1 Å². The zero-order valence-electron chi connectivity index (χ0n) is 10.8. The van der Waals surface area contributed by atoms with E-state index in [4.69, 9.17) is 0 Å². The van der Waals surface area contributed by atoms with Crippen molar-refractivity contribution >= 4 is 11.5 Å². The first-order valence-electron chi connectivity index (χ1n) is 6.34. The van der Waals surface area contributed by atoms with Crippen LogP contribution in [0, 0.1) is 15.5 Å². The number of nitro groups is 1. The Kier molecular flexibility index (Phi) is 3.50. The van der Waals surface area contributed by atoms with E-state index in [9.17, 15) is 10.1 Å². The number of aromatic nitrogens is 1. The summed E-state index contributed by atoms with van der Waals surface area (Å²) >= 11 is 0. The van der Waals surface area contributed by atoms with Gasteiger partial charge in [0.05, 0.1) is 4.92 Å². The van der Waals surface area contributed by atoms with Gasteiger partial charge in [-0.25, -0.2) is 4.98 Å². The van der Waals surface area contributed by atoms with Crippen LogP contribution >= 0.6 is 0 Å². The highest BCUT2D eigenvalue weighted by molar-refractivity contribution is 5.55. The van der Waals surface area contributed by atoms with Crippen molar-refractivity contribution in [3.8, 4) is 0 Å². The zero-order chi connectivity index (χ0) is 13.2. The summed E-state index contributed by atoms with van der Waals surface area (Å²) in [4.78, 5) is 14.6. The number of rotatable bonds is 3. The van der Waals surface area contributed by atoms with Crippen LogP contribution in [-0.4, -0.2) is 15.9 Å². The predicted octanol–water partition coefficient (Wildman–Crippen LogP) is 3.37. The molecule has 0 aliphatic heterocycles. The fourth-order valence-electron chi connectivity index (χ4n) is 2.67. The molecule has 98 valence electrons. The first kappa shape index (κ1) is 12.8. The lowest BCUT2D eigenvalue weighted by atomic mass is 9.75. The number of nitrogens with zero attached hydrogens (tertiary/aromatic N) is 2. The Hall–Kier alpha value is -1.65. The van der Waals surface area contributed by atoms with Gasteiger partial charge in [-0.05, 0) is 30.7 Å². The van der Waals surface area contributed by atoms with E-state index in [0.29, 0.717) is 11.2 Å². The summed E-state index contributed by atoms with van der Waals surface area (Å²) in [6.45, 7) is 4.49. The van der Waals surface area contributed by atoms with Gasteiger partial charge in [0.25, 0.3) is 0 Å². The average molecular weight is 249 g/mol. The largest absolute Gasteiger partial charge is 0.362 e. The monoisotopic (exact) mass is 249 g/mol. The van der Waals surface area contributed by atoms with Gasteiger partial charge in [-0.1, -0.05) is 20.3 Å². The Morgan fingerprint density at radius 2 is 2.33 bits per heavy atom. The molecule has 0 amide bonds. The smallest absolute Gasteiger partial charge is 0.311 e. The van der Waals surface area contributed by atoms with Crippen LogP contribution in [0.1, 0.15) is 39.5 Å². The van der Waals surface area contributed by atoms with Gasteiger partial charge in [-0.15, -0.1) is 0 Å². The molecule has 0 radical (unpaired) electrons. The molecule has 1 unspecified atom stereocenters. The van der Waals surface area contributed by atoms with E-state index in [0.717, 1.165) is 19.3 Å². The van der Waals surface area contributed by atoms with Crippen LogP contribution in [0.4, 0.5) is 11.5 Å². The number of pyridine rings is 1. The third-order valence-corrected chi connectivity index (χ3v) is 3.53. The Morgan fingerprint density at radius 3 is 3.00 bits per heavy atom. The maximum atomic E-state index is 10.9. The maximum absolute atomic E-state index is 10.9. The van der Waals surface area contributed by atoms with Crippen molar-refractivity contribution in [2.75, 3.05) is 5.32 Å². The molecule has 5 nitrogen and oxygen atoms in total. The van der Waals surface area contributed by atoms with Gasteiger partial charge in [0.1, 0.15) is 0 Å². The molecule has 0 spiro atoms. The van der Waals surface area contributed by atoms with Crippen molar-refractivity contribution in [2.45, 2.75) is 45.6 Å². The molecule has 1 saturated carbocycles. The molecule has 0 aromatic carbocycles. The van der Waals surface area contributed by atoms with Gasteiger partial charge >= 0.3 is 5.69 Å². The van der Waals surface area contributed by atoms with Crippen LogP contribution < -0.4 is 5.32 Å². The summed E-state index contributed by atoms with van der Waals surface area (Å²) in [6.07, 6.45) is 6.04. The molecule has 18 heavy (non-hydrogen) atoms. The van der Waals surface area contributed by atoms with Crippen LogP contribution in [-0.2, 0) is 0 Å². The Morgan fingerprint density at radius 1 is 1.56 bits per heavy atom. The van der Waals surface area contributed by atoms with E-state index in [2.05, 4.69) is 24.1 Å². The molecule has 0 bridgehead atoms. The van der Waals surface area contributed by atoms with Gasteiger partial charge in [-0.2, -0.15) is 0 Å². The number of nitrogens with one attached hydrogen (secondary N) is 1. The average Bonchev–Trinajstić information content (AvgIpc) is 2.28. The van der Waals surface area contributed by atoms with Gasteiger partial charge in [0.15, 0.2) is 0 Å². The second-order valence-electron chi connectivity index (χ2n) is 5.73. The van der Waals surface area contributed by atoms with E-state index < -0.39 is 0 Å². The molecule has 1 N–H and O–H groups in total. The van der Waals surface area contributed by atoms with E-state index in [-0.39, 0.29) is 16.7 Å². The fourth-order valence-corrected chi connectivity index (χ4v) is 2.67. The molecule has 1 heterocycles. The van der Waals surface area contributed by atoms with Crippen LogP contribution in [0.25, 0.3) is 0 Å². The summed E-state index contributed by atoms with van der Waals surface area (Å²) < 4.78 is 0. The summed E-state index contributed by atoms with van der Waals surface area (Å²) in [5, 5.41) is 14.1. The van der Waals surface area contributed by atoms with Crippen molar-refractivity contribution in [1.29, 1.82) is 0 Å². The van der Waals surface area contributed by atoms with E-state index in [1.807, 2.05) is 0 Å². The quantitative estimate of drug-likeness (QED) is 0.658. The molecule has 1 aromatic rings. The Balaban J connectivity index is 2.12. The highest BCUT2D eigenvalue weighted by Crippen LogP contribution is 2.36. The number of hydrogen-bond acceptors (Lipinski definition) is 4. The third-order valence-electron chi connectivity index (χ3n) is 3.53. The lowest BCUT2D eigenvalue weighted by Gasteiger charge is -2.35. The minimum atomic E-state index is -0.386. The number of hydrogen-bond donors (Lipinski definition) is 1. The van der Waals surface area contributed by atoms with Gasteiger partial charge < -0.3 is 5.32 Å². The van der Waals surface area contributed by atoms with Gasteiger partial charge in [0.2, 0.25) is 5.82 Å². The lowest BCUT2D eigenvalue weighted by molar-refractivity contribution is -0.384. The molecule has 0 saturated heterocycles. The fraction of sp³-hybridized carbons (Fsp3) is 0.615. The predicted molar refractivity (Wildman–Crippen MR) is 70.6 cm³/mol. The van der Waals surface area contributed by atoms with Gasteiger partial charge in [0, 0.05) is 18.3 Å². The van der Waals surface area contributed by atoms with Gasteiger partial charge in [-0.3, -0.25) is 10.1 Å². The Bertz CT molecular complexity index is 446. The van der Waals surface area contributed by atoms with E-state index in [1.165, 1.54) is 12.5 Å². The summed E-state index contributed by atoms with van der Waals surface area (Å²) in [7, 11) is 0. The third kappa shape index (κ3) is 2.97. The summed E-state index contributed by atoms with van der Waals surface area (Å²) in [5.41, 5.74) is 0.361. The summed E-state index contributed by atoms with van der Waals surface area (Å²) in [6, 6.07) is 3.36. The first-order chi connectivity index (χ1) is 8.48. The molecule has 1 fully saturated rings. The molecule has 2 rings (SSSR count). The standard InChI is InChI=1S/C13H19N3O2/c1-13(2)7-3-5-10(9-13)15-12-11(16(17)18)6-4-8-14-12/h4,6,8,10H,3,5,7,9H2,1-2H3,(H,14,15). The molecule has 1 aliphatic rings. The molecule has 1 atom stereocenters. The van der Waals surface area contributed by atoms with Crippen molar-refractivity contribution in [1.82, 2.24) is 4.98 Å². The number of anilines is 1. The highest BCUT2D eigenvalue weighted by Gasteiger charge is 2.29. The van der Waals surface area contributed by atoms with Crippen LogP contribution in [0.2, 0.25) is 0 Å². The van der Waals surface area contributed by atoms with E-state index in [1.54, 1.807) is 12.3 Å². The molecule has 1 aliphatic carbocycles. The minimum absolute atomic E-state index is 0.0564. The zero-order valence-corrected chi connectivity index (χ0v) is 10.8. The second-order valence-corrected chi connectivity index (χ2v) is 5.73. The van der Waals surface area contributed by atoms with Crippen LogP contribution in [0.5, 0.6) is 0 Å². The first-order valence-corrected chi connectivity index (χ1v) is 6.34. The van der Waals surface area contributed by atoms with Crippen molar-refractivity contribution in [3.05, 3.63) is 28.4 Å². The lowest BCUT2D eigenvalue weighted by Crippen LogP contribution is -2.32. The van der Waals surface area contributed by atoms with Crippen molar-refractivity contribution in [2.24, 2.45) is 5.41 Å². The molecular formula is C13H19N3O2. The second kappa shape index (κ2) is 4.92. The summed E-state index contributed by atoms with van der Waals surface area (Å²) in [5.74, 6) is 0.394. The normalized spacial score (nSPS) is 22.4. The molecule has 1 aromatic heterocycles. The maximum Gasteiger partial charge on any atom is 0.311 e. The Labute approximate surface area is 107 Å². The van der Waals surface area contributed by atoms with Crippen molar-refractivity contribution in [3.63, 3.8) is 0 Å².